The highest BCUT2D eigenvalue weighted by molar-refractivity contribution is 5.98. The lowest BCUT2D eigenvalue weighted by Crippen LogP contribution is -2.14. The molecule has 38 heavy (non-hydrogen) atoms. The number of methoxy groups -OCH3 is 3. The molecule has 11 heteroatoms. The number of esters is 2. The quantitative estimate of drug-likeness (QED) is 0.285. The first-order valence-electron chi connectivity index (χ1n) is 11.1. The minimum atomic E-state index is -1.34. The Bertz CT molecular complexity index is 1390. The molecule has 0 saturated carbocycles. The van der Waals surface area contributed by atoms with Crippen molar-refractivity contribution in [3.63, 3.8) is 0 Å². The normalized spacial score (nSPS) is 10.5. The number of carboxylic acid groups (broad SMARTS) is 1. The van der Waals surface area contributed by atoms with Crippen LogP contribution in [0.25, 0.3) is 0 Å². The summed E-state index contributed by atoms with van der Waals surface area (Å²) in [5.41, 5.74) is 0.329. The van der Waals surface area contributed by atoms with Crippen molar-refractivity contribution >= 4 is 17.9 Å². The topological polar surface area (TPSA) is 158 Å². The van der Waals surface area contributed by atoms with Crippen LogP contribution in [0.4, 0.5) is 0 Å². The molecule has 0 heterocycles. The summed E-state index contributed by atoms with van der Waals surface area (Å²) in [5, 5.41) is 29.7. The third-order valence-electron chi connectivity index (χ3n) is 5.71. The van der Waals surface area contributed by atoms with Crippen LogP contribution in [0.5, 0.6) is 40.2 Å². The molecule has 0 unspecified atom stereocenters. The summed E-state index contributed by atoms with van der Waals surface area (Å²) in [4.78, 5) is 37.1. The van der Waals surface area contributed by atoms with E-state index in [0.717, 1.165) is 12.1 Å². The maximum absolute atomic E-state index is 13.1. The van der Waals surface area contributed by atoms with Crippen LogP contribution in [0.1, 0.15) is 47.8 Å². The molecule has 3 N–H and O–H groups in total. The van der Waals surface area contributed by atoms with Gasteiger partial charge in [0.1, 0.15) is 45.4 Å². The highest BCUT2D eigenvalue weighted by Gasteiger charge is 2.26. The maximum Gasteiger partial charge on any atom is 0.347 e. The summed E-state index contributed by atoms with van der Waals surface area (Å²) >= 11 is 0. The molecular formula is C27H26O11. The standard InChI is InChI=1S/C27H26O11/c1-12-7-15(9-17(28)21(12)25(30)31)37-26(32)22-13(2)8-16(10-18(22)29)38-27(33)23-14(3)24(36-6)20(35-5)11-19(23)34-4/h7-11,28-29H,1-6H3,(H,30,31). The highest BCUT2D eigenvalue weighted by atomic mass is 16.5. The molecule has 0 radical (unpaired) electrons. The molecule has 0 atom stereocenters. The Morgan fingerprint density at radius 2 is 1.11 bits per heavy atom. The van der Waals surface area contributed by atoms with Crippen LogP contribution >= 0.6 is 0 Å². The van der Waals surface area contributed by atoms with Crippen LogP contribution in [0.3, 0.4) is 0 Å². The summed E-state index contributed by atoms with van der Waals surface area (Å²) in [5.74, 6) is -3.56. The van der Waals surface area contributed by atoms with E-state index in [2.05, 4.69) is 0 Å². The largest absolute Gasteiger partial charge is 0.507 e. The van der Waals surface area contributed by atoms with Gasteiger partial charge in [0.15, 0.2) is 11.5 Å². The predicted molar refractivity (Wildman–Crippen MR) is 133 cm³/mol. The zero-order valence-electron chi connectivity index (χ0n) is 21.5. The second-order valence-electron chi connectivity index (χ2n) is 8.17. The van der Waals surface area contributed by atoms with Crippen LogP contribution in [0.2, 0.25) is 0 Å². The summed E-state index contributed by atoms with van der Waals surface area (Å²) in [6, 6.07) is 6.15. The molecule has 0 fully saturated rings. The van der Waals surface area contributed by atoms with E-state index in [-0.39, 0.29) is 45.1 Å². The molecule has 200 valence electrons. The Morgan fingerprint density at radius 1 is 0.632 bits per heavy atom. The van der Waals surface area contributed by atoms with E-state index in [1.54, 1.807) is 6.92 Å². The first-order chi connectivity index (χ1) is 17.9. The molecule has 3 aromatic rings. The van der Waals surface area contributed by atoms with E-state index in [1.165, 1.54) is 53.4 Å². The van der Waals surface area contributed by atoms with Crippen molar-refractivity contribution < 1.29 is 53.4 Å². The van der Waals surface area contributed by atoms with Crippen molar-refractivity contribution in [3.8, 4) is 40.2 Å². The van der Waals surface area contributed by atoms with Crippen molar-refractivity contribution in [3.05, 3.63) is 63.7 Å². The lowest BCUT2D eigenvalue weighted by atomic mass is 10.0. The van der Waals surface area contributed by atoms with Gasteiger partial charge in [0, 0.05) is 23.8 Å². The van der Waals surface area contributed by atoms with Gasteiger partial charge in [-0.1, -0.05) is 0 Å². The third-order valence-corrected chi connectivity index (χ3v) is 5.71. The van der Waals surface area contributed by atoms with Gasteiger partial charge in [0.25, 0.3) is 0 Å². The summed E-state index contributed by atoms with van der Waals surface area (Å²) in [6.45, 7) is 4.55. The Labute approximate surface area is 217 Å². The van der Waals surface area contributed by atoms with Crippen LogP contribution < -0.4 is 23.7 Å². The van der Waals surface area contributed by atoms with Crippen LogP contribution in [0.15, 0.2) is 30.3 Å². The second kappa shape index (κ2) is 11.0. The van der Waals surface area contributed by atoms with Crippen molar-refractivity contribution in [2.24, 2.45) is 0 Å². The van der Waals surface area contributed by atoms with Crippen molar-refractivity contribution in [2.75, 3.05) is 21.3 Å². The molecular weight excluding hydrogens is 500 g/mol. The fourth-order valence-electron chi connectivity index (χ4n) is 4.01. The number of benzene rings is 3. The molecule has 0 aromatic heterocycles. The zero-order valence-corrected chi connectivity index (χ0v) is 21.5. The first-order valence-corrected chi connectivity index (χ1v) is 11.1. The first kappa shape index (κ1) is 27.7. The van der Waals surface area contributed by atoms with E-state index < -0.39 is 29.4 Å². The molecule has 3 aromatic carbocycles. The fourth-order valence-corrected chi connectivity index (χ4v) is 4.01. The molecule has 0 aliphatic rings. The monoisotopic (exact) mass is 526 g/mol. The number of carbonyl (C=O) groups excluding carboxylic acids is 2. The van der Waals surface area contributed by atoms with Gasteiger partial charge in [0.05, 0.1) is 21.3 Å². The lowest BCUT2D eigenvalue weighted by molar-refractivity contribution is 0.0689. The smallest absolute Gasteiger partial charge is 0.347 e. The maximum atomic E-state index is 13.1. The van der Waals surface area contributed by atoms with Crippen molar-refractivity contribution in [2.45, 2.75) is 20.8 Å². The number of hydrogen-bond donors (Lipinski definition) is 3. The number of phenolic OH excluding ortho intramolecular Hbond substituents is 1. The van der Waals surface area contributed by atoms with E-state index in [1.807, 2.05) is 0 Å². The fraction of sp³-hybridized carbons (Fsp3) is 0.222. The number of rotatable bonds is 8. The van der Waals surface area contributed by atoms with Gasteiger partial charge in [0.2, 0.25) is 0 Å². The molecule has 0 amide bonds. The van der Waals surface area contributed by atoms with Gasteiger partial charge >= 0.3 is 17.9 Å². The van der Waals surface area contributed by atoms with Gasteiger partial charge < -0.3 is 39.0 Å². The van der Waals surface area contributed by atoms with Gasteiger partial charge in [-0.05, 0) is 44.0 Å². The number of carbonyl (C=O) groups is 3. The summed E-state index contributed by atoms with van der Waals surface area (Å²) < 4.78 is 26.6. The molecule has 0 aliphatic carbocycles. The van der Waals surface area contributed by atoms with E-state index >= 15 is 0 Å². The number of aromatic carboxylic acids is 1. The van der Waals surface area contributed by atoms with Crippen LogP contribution in [-0.2, 0) is 0 Å². The van der Waals surface area contributed by atoms with Crippen molar-refractivity contribution in [1.82, 2.24) is 0 Å². The zero-order chi connectivity index (χ0) is 28.3. The number of aryl methyl sites for hydroxylation is 2. The minimum Gasteiger partial charge on any atom is -0.507 e. The molecule has 0 aliphatic heterocycles. The molecule has 11 nitrogen and oxygen atoms in total. The molecule has 0 bridgehead atoms. The number of aromatic hydroxyl groups is 2. The number of phenols is 2. The summed E-state index contributed by atoms with van der Waals surface area (Å²) in [7, 11) is 4.25. The van der Waals surface area contributed by atoms with Gasteiger partial charge in [-0.3, -0.25) is 0 Å². The van der Waals surface area contributed by atoms with E-state index in [9.17, 15) is 24.6 Å². The van der Waals surface area contributed by atoms with Gasteiger partial charge in [-0.15, -0.1) is 0 Å². The SMILES string of the molecule is COc1cc(OC)c(C(=O)Oc2cc(C)c(C(=O)Oc3cc(C)c(C(=O)O)c(O)c3)c(O)c2)c(C)c1OC. The van der Waals surface area contributed by atoms with Crippen LogP contribution in [0, 0.1) is 20.8 Å². The Morgan fingerprint density at radius 3 is 1.53 bits per heavy atom. The average Bonchev–Trinajstić information content (AvgIpc) is 2.81. The van der Waals surface area contributed by atoms with E-state index in [0.29, 0.717) is 17.1 Å². The third kappa shape index (κ3) is 5.26. The minimum absolute atomic E-state index is 0.0583. The number of hydrogen-bond acceptors (Lipinski definition) is 10. The molecule has 0 spiro atoms. The lowest BCUT2D eigenvalue weighted by Gasteiger charge is -2.17. The molecule has 3 rings (SSSR count). The average molecular weight is 526 g/mol. The highest BCUT2D eigenvalue weighted by Crippen LogP contribution is 2.40. The van der Waals surface area contributed by atoms with Crippen molar-refractivity contribution in [1.29, 1.82) is 0 Å². The number of ether oxygens (including phenoxy) is 5. The summed E-state index contributed by atoms with van der Waals surface area (Å²) in [6.07, 6.45) is 0. The van der Waals surface area contributed by atoms with Gasteiger partial charge in [-0.2, -0.15) is 0 Å². The van der Waals surface area contributed by atoms with Crippen LogP contribution in [-0.4, -0.2) is 54.6 Å². The second-order valence-corrected chi connectivity index (χ2v) is 8.17. The predicted octanol–water partition coefficient (Wildman–Crippen LogP) is 4.19. The Balaban J connectivity index is 1.90. The van der Waals surface area contributed by atoms with Gasteiger partial charge in [-0.25, -0.2) is 14.4 Å². The Hall–Kier alpha value is -4.93. The molecule has 0 saturated heterocycles. The van der Waals surface area contributed by atoms with E-state index in [4.69, 9.17) is 28.8 Å². The Kier molecular flexibility index (Phi) is 8.00. The number of carboxylic acids is 1.